The van der Waals surface area contributed by atoms with E-state index >= 15 is 0 Å². The van der Waals surface area contributed by atoms with E-state index in [9.17, 15) is 9.59 Å². The van der Waals surface area contributed by atoms with Crippen LogP contribution in [-0.2, 0) is 18.4 Å². The summed E-state index contributed by atoms with van der Waals surface area (Å²) in [6.07, 6.45) is 3.81. The second-order valence-electron chi connectivity index (χ2n) is 7.91. The summed E-state index contributed by atoms with van der Waals surface area (Å²) < 4.78 is 1.76. The molecular weight excluding hydrogens is 368 g/mol. The molecule has 1 amide bonds. The van der Waals surface area contributed by atoms with Crippen LogP contribution in [0.5, 0.6) is 0 Å². The van der Waals surface area contributed by atoms with Gasteiger partial charge in [-0.2, -0.15) is 5.10 Å². The molecule has 3 aromatic rings. The number of aromatic nitrogens is 4. The molecule has 0 saturated carbocycles. The van der Waals surface area contributed by atoms with E-state index in [1.54, 1.807) is 15.6 Å². The first-order valence-corrected chi connectivity index (χ1v) is 9.91. The number of amides is 1. The van der Waals surface area contributed by atoms with Crippen LogP contribution in [0.4, 0.5) is 0 Å². The van der Waals surface area contributed by atoms with Crippen LogP contribution < -0.4 is 10.9 Å². The first-order chi connectivity index (χ1) is 13.9. The molecular formula is C21H26N6O2. The lowest BCUT2D eigenvalue weighted by Crippen LogP contribution is -2.43. The molecule has 29 heavy (non-hydrogen) atoms. The third-order valence-electron chi connectivity index (χ3n) is 5.57. The van der Waals surface area contributed by atoms with E-state index in [2.05, 4.69) is 20.4 Å². The van der Waals surface area contributed by atoms with Gasteiger partial charge in [-0.15, -0.1) is 0 Å². The maximum absolute atomic E-state index is 13.5. The minimum atomic E-state index is -0.183. The fraction of sp³-hybridized carbons (Fsp3) is 0.429. The lowest BCUT2D eigenvalue weighted by Gasteiger charge is -2.30. The number of hydrogen-bond donors (Lipinski definition) is 2. The highest BCUT2D eigenvalue weighted by molar-refractivity contribution is 5.81. The number of hydrogen-bond acceptors (Lipinski definition) is 5. The summed E-state index contributed by atoms with van der Waals surface area (Å²) in [7, 11) is 1.88. The second kappa shape index (κ2) is 7.79. The standard InChI is InChI=1S/C21H26N6O2/c1-13(2)27(12-19-24-18-7-5-4-6-15(18)20(28)25-19)21(29)17-10-22-9-16(17)14-8-23-26(3)11-14/h4-8,11,13,16-17,22H,9-10,12H2,1-3H3,(H,24,25,28)/t16-,17+/m1/s1. The van der Waals surface area contributed by atoms with Crippen molar-refractivity contribution in [2.24, 2.45) is 13.0 Å². The van der Waals surface area contributed by atoms with Crippen LogP contribution in [0.3, 0.4) is 0 Å². The van der Waals surface area contributed by atoms with Crippen molar-refractivity contribution in [2.45, 2.75) is 32.4 Å². The molecule has 0 aliphatic carbocycles. The number of fused-ring (bicyclic) bond motifs is 1. The molecule has 8 heteroatoms. The molecule has 0 unspecified atom stereocenters. The minimum absolute atomic E-state index is 0.0191. The monoisotopic (exact) mass is 394 g/mol. The van der Waals surface area contributed by atoms with Gasteiger partial charge in [0.1, 0.15) is 5.82 Å². The molecule has 0 spiro atoms. The van der Waals surface area contributed by atoms with Gasteiger partial charge >= 0.3 is 0 Å². The van der Waals surface area contributed by atoms with Crippen molar-refractivity contribution in [3.8, 4) is 0 Å². The summed E-state index contributed by atoms with van der Waals surface area (Å²) in [5.74, 6) is 0.476. The van der Waals surface area contributed by atoms with Gasteiger partial charge < -0.3 is 15.2 Å². The zero-order valence-electron chi connectivity index (χ0n) is 16.9. The number of nitrogens with one attached hydrogen (secondary N) is 2. The molecule has 2 aromatic heterocycles. The largest absolute Gasteiger partial charge is 0.333 e. The van der Waals surface area contributed by atoms with Gasteiger partial charge in [-0.1, -0.05) is 12.1 Å². The highest BCUT2D eigenvalue weighted by Crippen LogP contribution is 2.30. The smallest absolute Gasteiger partial charge is 0.258 e. The van der Waals surface area contributed by atoms with Gasteiger partial charge in [0.2, 0.25) is 5.91 Å². The number of carbonyl (C=O) groups is 1. The molecule has 1 aromatic carbocycles. The number of aryl methyl sites for hydroxylation is 1. The van der Waals surface area contributed by atoms with E-state index in [0.29, 0.717) is 23.3 Å². The lowest BCUT2D eigenvalue weighted by atomic mass is 9.89. The third-order valence-corrected chi connectivity index (χ3v) is 5.57. The van der Waals surface area contributed by atoms with Gasteiger partial charge in [0.05, 0.1) is 29.6 Å². The molecule has 4 rings (SSSR count). The third kappa shape index (κ3) is 3.80. The molecule has 2 atom stereocenters. The van der Waals surface area contributed by atoms with Crippen molar-refractivity contribution in [3.05, 3.63) is 58.4 Å². The van der Waals surface area contributed by atoms with Gasteiger partial charge in [0.15, 0.2) is 0 Å². The molecule has 1 aliphatic heterocycles. The number of aromatic amines is 1. The van der Waals surface area contributed by atoms with Gasteiger partial charge in [0.25, 0.3) is 5.56 Å². The predicted octanol–water partition coefficient (Wildman–Crippen LogP) is 1.40. The Hall–Kier alpha value is -3.00. The van der Waals surface area contributed by atoms with E-state index in [0.717, 1.165) is 12.1 Å². The maximum Gasteiger partial charge on any atom is 0.258 e. The van der Waals surface area contributed by atoms with Crippen LogP contribution >= 0.6 is 0 Å². The topological polar surface area (TPSA) is 95.9 Å². The Kier molecular flexibility index (Phi) is 5.19. The van der Waals surface area contributed by atoms with Crippen LogP contribution in [-0.4, -0.2) is 49.7 Å². The molecule has 0 radical (unpaired) electrons. The highest BCUT2D eigenvalue weighted by Gasteiger charge is 2.38. The Morgan fingerprint density at radius 1 is 1.31 bits per heavy atom. The summed E-state index contributed by atoms with van der Waals surface area (Å²) >= 11 is 0. The van der Waals surface area contributed by atoms with Gasteiger partial charge in [-0.25, -0.2) is 4.98 Å². The van der Waals surface area contributed by atoms with Crippen molar-refractivity contribution < 1.29 is 4.79 Å². The van der Waals surface area contributed by atoms with Crippen molar-refractivity contribution in [1.29, 1.82) is 0 Å². The number of rotatable bonds is 5. The Morgan fingerprint density at radius 3 is 2.83 bits per heavy atom. The molecule has 0 bridgehead atoms. The Balaban J connectivity index is 1.60. The van der Waals surface area contributed by atoms with Crippen LogP contribution in [0.2, 0.25) is 0 Å². The van der Waals surface area contributed by atoms with Crippen LogP contribution in [0, 0.1) is 5.92 Å². The summed E-state index contributed by atoms with van der Waals surface area (Å²) in [5.41, 5.74) is 1.52. The van der Waals surface area contributed by atoms with E-state index in [1.165, 1.54) is 0 Å². The molecule has 152 valence electrons. The predicted molar refractivity (Wildman–Crippen MR) is 110 cm³/mol. The van der Waals surface area contributed by atoms with Gasteiger partial charge in [-0.05, 0) is 31.5 Å². The summed E-state index contributed by atoms with van der Waals surface area (Å²) in [6.45, 7) is 5.62. The Labute approximate surface area is 168 Å². The summed E-state index contributed by atoms with van der Waals surface area (Å²) in [6, 6.07) is 7.21. The number of para-hydroxylation sites is 1. The Morgan fingerprint density at radius 2 is 2.10 bits per heavy atom. The van der Waals surface area contributed by atoms with Crippen molar-refractivity contribution in [3.63, 3.8) is 0 Å². The number of nitrogens with zero attached hydrogens (tertiary/aromatic N) is 4. The number of carbonyl (C=O) groups excluding carboxylic acids is 1. The van der Waals surface area contributed by atoms with Crippen molar-refractivity contribution in [2.75, 3.05) is 13.1 Å². The van der Waals surface area contributed by atoms with Crippen LogP contribution in [0.15, 0.2) is 41.5 Å². The van der Waals surface area contributed by atoms with Crippen LogP contribution in [0.1, 0.15) is 31.2 Å². The fourth-order valence-corrected chi connectivity index (χ4v) is 4.02. The zero-order valence-corrected chi connectivity index (χ0v) is 16.9. The van der Waals surface area contributed by atoms with E-state index in [4.69, 9.17) is 0 Å². The number of H-pyrrole nitrogens is 1. The average Bonchev–Trinajstić information content (AvgIpc) is 3.34. The summed E-state index contributed by atoms with van der Waals surface area (Å²) in [4.78, 5) is 35.1. The van der Waals surface area contributed by atoms with Gasteiger partial charge in [0, 0.05) is 38.3 Å². The molecule has 8 nitrogen and oxygen atoms in total. The van der Waals surface area contributed by atoms with Crippen LogP contribution in [0.25, 0.3) is 10.9 Å². The molecule has 2 N–H and O–H groups in total. The first kappa shape index (κ1) is 19.3. The van der Waals surface area contributed by atoms with Crippen molar-refractivity contribution in [1.82, 2.24) is 30.0 Å². The molecule has 1 fully saturated rings. The minimum Gasteiger partial charge on any atom is -0.333 e. The van der Waals surface area contributed by atoms with Crippen molar-refractivity contribution >= 4 is 16.8 Å². The second-order valence-corrected chi connectivity index (χ2v) is 7.91. The van der Waals surface area contributed by atoms with E-state index in [-0.39, 0.29) is 35.9 Å². The van der Waals surface area contributed by atoms with E-state index in [1.807, 2.05) is 51.5 Å². The molecule has 3 heterocycles. The normalized spacial score (nSPS) is 19.2. The highest BCUT2D eigenvalue weighted by atomic mass is 16.2. The number of benzene rings is 1. The van der Waals surface area contributed by atoms with E-state index < -0.39 is 0 Å². The zero-order chi connectivity index (χ0) is 20.5. The molecule has 1 saturated heterocycles. The average molecular weight is 394 g/mol. The quantitative estimate of drug-likeness (QED) is 0.682. The lowest BCUT2D eigenvalue weighted by molar-refractivity contribution is -0.138. The maximum atomic E-state index is 13.5. The molecule has 1 aliphatic rings. The fourth-order valence-electron chi connectivity index (χ4n) is 4.02. The Bertz CT molecular complexity index is 1090. The first-order valence-electron chi connectivity index (χ1n) is 9.91. The summed E-state index contributed by atoms with van der Waals surface area (Å²) in [5, 5.41) is 8.15. The SMILES string of the molecule is CC(C)N(Cc1nc2ccccc2c(=O)[nH]1)C(=O)[C@H]1CNC[C@@H]1c1cnn(C)c1. The van der Waals surface area contributed by atoms with Gasteiger partial charge in [-0.3, -0.25) is 14.3 Å².